The average Bonchev–Trinajstić information content (AvgIpc) is 2.28. The second-order valence-electron chi connectivity index (χ2n) is 3.32. The monoisotopic (exact) mass is 209 g/mol. The average molecular weight is 209 g/mol. The Labute approximate surface area is 91.4 Å². The molecule has 1 aromatic carbocycles. The number of benzene rings is 1. The van der Waals surface area contributed by atoms with Gasteiger partial charge in [-0.15, -0.1) is 0 Å². The Kier molecular flexibility index (Phi) is 4.43. The summed E-state index contributed by atoms with van der Waals surface area (Å²) in [5.41, 5.74) is 2.30. The summed E-state index contributed by atoms with van der Waals surface area (Å²) in [6.07, 6.45) is 0.962. The smallest absolute Gasteiger partial charge is 0.130 e. The summed E-state index contributed by atoms with van der Waals surface area (Å²) in [7, 11) is 5.30. The van der Waals surface area contributed by atoms with E-state index in [9.17, 15) is 0 Å². The van der Waals surface area contributed by atoms with Gasteiger partial charge in [0.25, 0.3) is 0 Å². The molecular formula is C12H19NO2. The number of nitrogens with one attached hydrogen (secondary N) is 1. The first-order chi connectivity index (χ1) is 7.28. The van der Waals surface area contributed by atoms with Crippen LogP contribution in [-0.2, 0) is 13.0 Å². The van der Waals surface area contributed by atoms with Crippen LogP contribution in [-0.4, -0.2) is 21.3 Å². The van der Waals surface area contributed by atoms with Gasteiger partial charge in [-0.25, -0.2) is 0 Å². The SMILES string of the molecule is CCc1ccc(OC)c(CNC)c1OC. The molecule has 15 heavy (non-hydrogen) atoms. The molecule has 0 amide bonds. The highest BCUT2D eigenvalue weighted by Gasteiger charge is 2.12. The summed E-state index contributed by atoms with van der Waals surface area (Å²) in [6.45, 7) is 2.87. The van der Waals surface area contributed by atoms with Crippen LogP contribution < -0.4 is 14.8 Å². The molecule has 0 spiro atoms. The molecule has 0 aliphatic carbocycles. The summed E-state index contributed by atoms with van der Waals surface area (Å²) in [5.74, 6) is 1.81. The molecular weight excluding hydrogens is 190 g/mol. The van der Waals surface area contributed by atoms with E-state index < -0.39 is 0 Å². The van der Waals surface area contributed by atoms with Crippen molar-refractivity contribution in [3.63, 3.8) is 0 Å². The Morgan fingerprint density at radius 2 is 1.93 bits per heavy atom. The van der Waals surface area contributed by atoms with Crippen molar-refractivity contribution in [3.8, 4) is 11.5 Å². The number of rotatable bonds is 5. The lowest BCUT2D eigenvalue weighted by molar-refractivity contribution is 0.380. The van der Waals surface area contributed by atoms with Gasteiger partial charge in [0.15, 0.2) is 0 Å². The summed E-state index contributed by atoms with van der Waals surface area (Å²) >= 11 is 0. The Bertz CT molecular complexity index is 324. The topological polar surface area (TPSA) is 30.5 Å². The molecule has 3 heteroatoms. The fraction of sp³-hybridized carbons (Fsp3) is 0.500. The molecule has 3 nitrogen and oxygen atoms in total. The van der Waals surface area contributed by atoms with Crippen LogP contribution in [0.3, 0.4) is 0 Å². The maximum absolute atomic E-state index is 5.44. The van der Waals surface area contributed by atoms with Gasteiger partial charge in [0.2, 0.25) is 0 Å². The van der Waals surface area contributed by atoms with Crippen LogP contribution in [0, 0.1) is 0 Å². The fourth-order valence-corrected chi connectivity index (χ4v) is 1.73. The van der Waals surface area contributed by atoms with Crippen LogP contribution in [0.15, 0.2) is 12.1 Å². The van der Waals surface area contributed by atoms with Gasteiger partial charge in [0.1, 0.15) is 11.5 Å². The largest absolute Gasteiger partial charge is 0.496 e. The van der Waals surface area contributed by atoms with Crippen molar-refractivity contribution in [3.05, 3.63) is 23.3 Å². The van der Waals surface area contributed by atoms with Crippen molar-refractivity contribution < 1.29 is 9.47 Å². The molecule has 0 bridgehead atoms. The first-order valence-electron chi connectivity index (χ1n) is 5.15. The van der Waals surface area contributed by atoms with E-state index in [0.717, 1.165) is 30.0 Å². The first kappa shape index (κ1) is 11.9. The molecule has 1 rings (SSSR count). The lowest BCUT2D eigenvalue weighted by Crippen LogP contribution is -2.09. The molecule has 0 unspecified atom stereocenters. The molecule has 0 atom stereocenters. The molecule has 0 aromatic heterocycles. The van der Waals surface area contributed by atoms with E-state index in [1.807, 2.05) is 13.1 Å². The minimum absolute atomic E-state index is 0.750. The maximum atomic E-state index is 5.44. The summed E-state index contributed by atoms with van der Waals surface area (Å²) in [4.78, 5) is 0. The first-order valence-corrected chi connectivity index (χ1v) is 5.15. The second kappa shape index (κ2) is 5.61. The zero-order chi connectivity index (χ0) is 11.3. The van der Waals surface area contributed by atoms with Gasteiger partial charge in [-0.1, -0.05) is 13.0 Å². The molecule has 0 aliphatic rings. The van der Waals surface area contributed by atoms with Crippen molar-refractivity contribution in [1.29, 1.82) is 0 Å². The third-order valence-corrected chi connectivity index (χ3v) is 2.46. The Hall–Kier alpha value is -1.22. The highest BCUT2D eigenvalue weighted by atomic mass is 16.5. The van der Waals surface area contributed by atoms with Gasteiger partial charge < -0.3 is 14.8 Å². The van der Waals surface area contributed by atoms with Crippen molar-refractivity contribution >= 4 is 0 Å². The lowest BCUT2D eigenvalue weighted by Gasteiger charge is -2.15. The standard InChI is InChI=1S/C12H19NO2/c1-5-9-6-7-11(14-3)10(8-13-2)12(9)15-4/h6-7,13H,5,8H2,1-4H3. The van der Waals surface area contributed by atoms with Crippen LogP contribution in [0.2, 0.25) is 0 Å². The van der Waals surface area contributed by atoms with Gasteiger partial charge in [0.05, 0.1) is 19.8 Å². The van der Waals surface area contributed by atoms with E-state index in [0.29, 0.717) is 0 Å². The molecule has 84 valence electrons. The van der Waals surface area contributed by atoms with Crippen LogP contribution in [0.25, 0.3) is 0 Å². The summed E-state index contributed by atoms with van der Waals surface area (Å²) in [6, 6.07) is 4.05. The molecule has 0 heterocycles. The van der Waals surface area contributed by atoms with E-state index in [1.54, 1.807) is 14.2 Å². The van der Waals surface area contributed by atoms with E-state index in [1.165, 1.54) is 5.56 Å². The van der Waals surface area contributed by atoms with Crippen molar-refractivity contribution in [2.24, 2.45) is 0 Å². The summed E-state index contributed by atoms with van der Waals surface area (Å²) < 4.78 is 10.8. The van der Waals surface area contributed by atoms with E-state index in [2.05, 4.69) is 18.3 Å². The highest BCUT2D eigenvalue weighted by Crippen LogP contribution is 2.32. The van der Waals surface area contributed by atoms with Gasteiger partial charge in [-0.2, -0.15) is 0 Å². The second-order valence-corrected chi connectivity index (χ2v) is 3.32. The summed E-state index contributed by atoms with van der Waals surface area (Å²) in [5, 5.41) is 3.12. The molecule has 1 N–H and O–H groups in total. The minimum atomic E-state index is 0.750. The molecule has 0 fully saturated rings. The predicted molar refractivity (Wildman–Crippen MR) is 61.7 cm³/mol. The van der Waals surface area contributed by atoms with E-state index in [-0.39, 0.29) is 0 Å². The molecule has 0 aliphatic heterocycles. The number of methoxy groups -OCH3 is 2. The third kappa shape index (κ3) is 2.42. The van der Waals surface area contributed by atoms with Gasteiger partial charge in [0, 0.05) is 6.54 Å². The normalized spacial score (nSPS) is 10.1. The van der Waals surface area contributed by atoms with Crippen molar-refractivity contribution in [2.75, 3.05) is 21.3 Å². The van der Waals surface area contributed by atoms with E-state index in [4.69, 9.17) is 9.47 Å². The zero-order valence-corrected chi connectivity index (χ0v) is 9.89. The number of hydrogen-bond donors (Lipinski definition) is 1. The molecule has 0 saturated heterocycles. The van der Waals surface area contributed by atoms with Crippen LogP contribution >= 0.6 is 0 Å². The number of ether oxygens (including phenoxy) is 2. The number of hydrogen-bond acceptors (Lipinski definition) is 3. The molecule has 0 saturated carbocycles. The van der Waals surface area contributed by atoms with Gasteiger partial charge in [-0.05, 0) is 25.1 Å². The predicted octanol–water partition coefficient (Wildman–Crippen LogP) is 1.99. The number of aryl methyl sites for hydroxylation is 1. The molecule has 1 aromatic rings. The minimum Gasteiger partial charge on any atom is -0.496 e. The van der Waals surface area contributed by atoms with Crippen molar-refractivity contribution in [2.45, 2.75) is 19.9 Å². The third-order valence-electron chi connectivity index (χ3n) is 2.46. The molecule has 0 radical (unpaired) electrons. The highest BCUT2D eigenvalue weighted by molar-refractivity contribution is 5.50. The van der Waals surface area contributed by atoms with Gasteiger partial charge >= 0.3 is 0 Å². The van der Waals surface area contributed by atoms with Crippen molar-refractivity contribution in [1.82, 2.24) is 5.32 Å². The Balaban J connectivity index is 3.24. The Morgan fingerprint density at radius 3 is 2.40 bits per heavy atom. The van der Waals surface area contributed by atoms with E-state index >= 15 is 0 Å². The Morgan fingerprint density at radius 1 is 1.20 bits per heavy atom. The van der Waals surface area contributed by atoms with Gasteiger partial charge in [-0.3, -0.25) is 0 Å². The van der Waals surface area contributed by atoms with Crippen LogP contribution in [0.4, 0.5) is 0 Å². The lowest BCUT2D eigenvalue weighted by atomic mass is 10.1. The van der Waals surface area contributed by atoms with Crippen LogP contribution in [0.1, 0.15) is 18.1 Å². The maximum Gasteiger partial charge on any atom is 0.130 e. The quantitative estimate of drug-likeness (QED) is 0.804. The van der Waals surface area contributed by atoms with Crippen LogP contribution in [0.5, 0.6) is 11.5 Å². The zero-order valence-electron chi connectivity index (χ0n) is 9.89. The fourth-order valence-electron chi connectivity index (χ4n) is 1.73.